The van der Waals surface area contributed by atoms with E-state index >= 15 is 0 Å². The van der Waals surface area contributed by atoms with Gasteiger partial charge < -0.3 is 14.0 Å². The number of hydrogen-bond donors (Lipinski definition) is 2. The molecule has 3 aliphatic heterocycles. The molecule has 3 aliphatic rings. The van der Waals surface area contributed by atoms with Crippen molar-refractivity contribution in [3.8, 4) is 0 Å². The average molecular weight is 594 g/mol. The zero-order chi connectivity index (χ0) is 27.1. The van der Waals surface area contributed by atoms with E-state index in [1.807, 2.05) is 48.5 Å². The number of benzene rings is 2. The molecule has 8 nitrogen and oxygen atoms in total. The molecule has 4 unspecified atom stereocenters. The van der Waals surface area contributed by atoms with Gasteiger partial charge in [0.25, 0.3) is 5.91 Å². The summed E-state index contributed by atoms with van der Waals surface area (Å²) in [6.07, 6.45) is 1.31. The maximum atomic E-state index is 14.0. The fraction of sp³-hybridized carbons (Fsp3) is 0.346. The van der Waals surface area contributed by atoms with Crippen LogP contribution in [0.25, 0.3) is 0 Å². The lowest BCUT2D eigenvalue weighted by molar-refractivity contribution is -0.166. The third-order valence-electron chi connectivity index (χ3n) is 6.88. The Morgan fingerprint density at radius 2 is 1.74 bits per heavy atom. The Hall–Kier alpha value is -2.37. The summed E-state index contributed by atoms with van der Waals surface area (Å²) in [5.41, 5.74) is 2.96. The lowest BCUT2D eigenvalue weighted by atomic mass is 9.92. The van der Waals surface area contributed by atoms with Crippen LogP contribution in [0.4, 0.5) is 0 Å². The summed E-state index contributed by atoms with van der Waals surface area (Å²) in [6, 6.07) is 14.5. The van der Waals surface area contributed by atoms with Crippen molar-refractivity contribution in [2.24, 2.45) is 10.9 Å². The van der Waals surface area contributed by atoms with Crippen molar-refractivity contribution in [1.82, 2.24) is 9.80 Å². The van der Waals surface area contributed by atoms with Crippen LogP contribution in [0.2, 0.25) is 10.0 Å². The molecule has 2 aromatic rings. The third-order valence-corrected chi connectivity index (χ3v) is 8.82. The minimum absolute atomic E-state index is 0.0250. The molecule has 4 atom stereocenters. The van der Waals surface area contributed by atoms with Crippen molar-refractivity contribution in [2.45, 2.75) is 44.8 Å². The molecule has 5 rings (SSSR count). The zero-order valence-electron chi connectivity index (χ0n) is 20.9. The van der Waals surface area contributed by atoms with E-state index in [4.69, 9.17) is 37.8 Å². The Morgan fingerprint density at radius 3 is 2.32 bits per heavy atom. The number of hydrogen-bond acceptors (Lipinski definition) is 7. The number of nitrogens with zero attached hydrogens (tertiary/aromatic N) is 3. The number of fused-ring (bicyclic) bond motifs is 1. The molecular formula is C26H28Cl2N5O3S2+. The Morgan fingerprint density at radius 1 is 1.13 bits per heavy atom. The van der Waals surface area contributed by atoms with Gasteiger partial charge in [0.15, 0.2) is 5.17 Å². The quantitative estimate of drug-likeness (QED) is 0.367. The highest BCUT2D eigenvalue weighted by Crippen LogP contribution is 2.53. The number of carbonyl (C=O) groups excluding carboxylic acids is 1. The second-order valence-electron chi connectivity index (χ2n) is 9.65. The van der Waals surface area contributed by atoms with E-state index in [0.717, 1.165) is 28.4 Å². The number of allylic oxidation sites excluding steroid dienone is 1. The Bertz CT molecular complexity index is 1350. The molecule has 0 spiro atoms. The Balaban J connectivity index is 1.55. The number of nitrogens with one attached hydrogen (secondary N) is 1. The first-order chi connectivity index (χ1) is 18.2. The Labute approximate surface area is 238 Å². The van der Waals surface area contributed by atoms with E-state index in [0.29, 0.717) is 27.9 Å². The number of aliphatic imine (C=N–C) groups is 1. The van der Waals surface area contributed by atoms with Crippen LogP contribution in [-0.2, 0) is 20.2 Å². The number of rotatable bonds is 6. The highest BCUT2D eigenvalue weighted by molar-refractivity contribution is 8.18. The van der Waals surface area contributed by atoms with Gasteiger partial charge in [-0.3, -0.25) is 15.2 Å². The minimum Gasteiger partial charge on any atom is -0.341 e. The van der Waals surface area contributed by atoms with Crippen LogP contribution < -0.4 is 5.14 Å². The molecule has 3 heterocycles. The molecule has 38 heavy (non-hydrogen) atoms. The maximum Gasteiger partial charge on any atom is 0.413 e. The third kappa shape index (κ3) is 5.12. The van der Waals surface area contributed by atoms with E-state index < -0.39 is 17.3 Å². The maximum absolute atomic E-state index is 14.0. The largest absolute Gasteiger partial charge is 0.413 e. The second kappa shape index (κ2) is 11.0. The molecular weight excluding hydrogens is 565 g/mol. The van der Waals surface area contributed by atoms with Crippen LogP contribution in [0.5, 0.6) is 0 Å². The van der Waals surface area contributed by atoms with Crippen molar-refractivity contribution < 1.29 is 18.3 Å². The van der Waals surface area contributed by atoms with Crippen molar-refractivity contribution in [3.05, 3.63) is 80.3 Å². The minimum atomic E-state index is -1.87. The molecule has 200 valence electrons. The summed E-state index contributed by atoms with van der Waals surface area (Å²) >= 11 is 11.9. The molecule has 2 aromatic carbocycles. The van der Waals surface area contributed by atoms with Gasteiger partial charge in [0.05, 0.1) is 6.04 Å². The topological polar surface area (TPSA) is 114 Å². The first kappa shape index (κ1) is 27.2. The van der Waals surface area contributed by atoms with Gasteiger partial charge in [-0.1, -0.05) is 61.3 Å². The van der Waals surface area contributed by atoms with Crippen LogP contribution >= 0.6 is 35.0 Å². The van der Waals surface area contributed by atoms with Gasteiger partial charge in [-0.2, -0.15) is 4.21 Å². The van der Waals surface area contributed by atoms with Crippen molar-refractivity contribution in [3.63, 3.8) is 0 Å². The fourth-order valence-corrected chi connectivity index (χ4v) is 7.13. The summed E-state index contributed by atoms with van der Waals surface area (Å²) < 4.78 is 16.5. The van der Waals surface area contributed by atoms with Gasteiger partial charge in [-0.05, 0) is 65.9 Å². The van der Waals surface area contributed by atoms with Gasteiger partial charge in [0.2, 0.25) is 5.90 Å². The highest BCUT2D eigenvalue weighted by Gasteiger charge is 2.48. The smallest absolute Gasteiger partial charge is 0.341 e. The second-order valence-corrected chi connectivity index (χ2v) is 12.3. The first-order valence-electron chi connectivity index (χ1n) is 12.2. The molecule has 1 saturated heterocycles. The number of quaternary nitrogens is 1. The van der Waals surface area contributed by atoms with Crippen molar-refractivity contribution >= 4 is 63.2 Å². The molecule has 0 saturated carbocycles. The summed E-state index contributed by atoms with van der Waals surface area (Å²) in [6.45, 7) is 4.63. The molecule has 0 radical (unpaired) electrons. The SMILES string of the molecule is CC(C)C1=C(C(=O)N2CCCC2C(=N)OS([NH3+])=O)SC2=NC(c3ccc(Cl)cc3)C(c3ccc(Cl)cc3)N21. The van der Waals surface area contributed by atoms with E-state index in [-0.39, 0.29) is 29.8 Å². The first-order valence-corrected chi connectivity index (χ1v) is 15.1. The van der Waals surface area contributed by atoms with Crippen LogP contribution in [-0.4, -0.2) is 43.6 Å². The standard InChI is InChI=1S/C26H27Cl2N5O3S2/c1-14(2)21-23(25(34)32-13-3-4-19(32)24(29)36-38(30)35)37-26-31-20(15-5-9-17(27)10-6-15)22(33(21)26)16-7-11-18(28)12-8-16/h5-12,14,19-20,22,29H,3-4,13,30H2,1-2H3/p+1. The number of halogens is 2. The normalized spacial score (nSPS) is 23.6. The lowest BCUT2D eigenvalue weighted by Crippen LogP contribution is -2.54. The van der Waals surface area contributed by atoms with Crippen molar-refractivity contribution in [1.29, 1.82) is 5.41 Å². The van der Waals surface area contributed by atoms with E-state index in [1.165, 1.54) is 11.8 Å². The van der Waals surface area contributed by atoms with Gasteiger partial charge in [-0.15, -0.1) is 0 Å². The zero-order valence-corrected chi connectivity index (χ0v) is 24.0. The van der Waals surface area contributed by atoms with Crippen molar-refractivity contribution in [2.75, 3.05) is 6.54 Å². The van der Waals surface area contributed by atoms with E-state index in [1.54, 1.807) is 4.90 Å². The predicted molar refractivity (Wildman–Crippen MR) is 152 cm³/mol. The van der Waals surface area contributed by atoms with E-state index in [9.17, 15) is 9.00 Å². The van der Waals surface area contributed by atoms with Crippen LogP contribution in [0, 0.1) is 11.3 Å². The van der Waals surface area contributed by atoms with Crippen LogP contribution in [0.3, 0.4) is 0 Å². The summed E-state index contributed by atoms with van der Waals surface area (Å²) in [7, 11) is 0. The van der Waals surface area contributed by atoms with Gasteiger partial charge >= 0.3 is 11.3 Å². The number of likely N-dealkylation sites (tertiary alicyclic amines) is 1. The molecule has 12 heteroatoms. The van der Waals surface area contributed by atoms with Gasteiger partial charge in [-0.25, -0.2) is 5.14 Å². The molecule has 1 fully saturated rings. The highest BCUT2D eigenvalue weighted by atomic mass is 35.5. The predicted octanol–water partition coefficient (Wildman–Crippen LogP) is 4.87. The van der Waals surface area contributed by atoms with E-state index in [2.05, 4.69) is 23.9 Å². The molecule has 0 aromatic heterocycles. The number of thioether (sulfide) groups is 1. The average Bonchev–Trinajstić information content (AvgIpc) is 3.58. The van der Waals surface area contributed by atoms with Crippen LogP contribution in [0.15, 0.2) is 64.1 Å². The van der Waals surface area contributed by atoms with Gasteiger partial charge in [0, 0.05) is 22.3 Å². The monoisotopic (exact) mass is 592 g/mol. The van der Waals surface area contributed by atoms with Crippen LogP contribution in [0.1, 0.15) is 49.9 Å². The molecule has 4 N–H and O–H groups in total. The molecule has 0 bridgehead atoms. The molecule has 1 amide bonds. The summed E-state index contributed by atoms with van der Waals surface area (Å²) in [5, 5.41) is 13.6. The fourth-order valence-electron chi connectivity index (χ4n) is 5.26. The Kier molecular flexibility index (Phi) is 7.89. The number of amidine groups is 1. The summed E-state index contributed by atoms with van der Waals surface area (Å²) in [4.78, 5) is 23.5. The molecule has 0 aliphatic carbocycles. The lowest BCUT2D eigenvalue weighted by Gasteiger charge is -2.32. The number of carbonyl (C=O) groups is 1. The van der Waals surface area contributed by atoms with Gasteiger partial charge in [0.1, 0.15) is 17.0 Å². The summed E-state index contributed by atoms with van der Waals surface area (Å²) in [5.74, 6) is -0.338. The number of amides is 1.